The molecule has 4 nitrogen and oxygen atoms in total. The molecule has 0 saturated heterocycles. The first-order chi connectivity index (χ1) is 10.5. The number of carbonyl (C=O) groups excluding carboxylic acids is 1. The second kappa shape index (κ2) is 7.90. The van der Waals surface area contributed by atoms with Crippen LogP contribution >= 0.6 is 39.1 Å². The number of carbonyl (C=O) groups is 1. The van der Waals surface area contributed by atoms with Gasteiger partial charge in [-0.25, -0.2) is 0 Å². The largest absolute Gasteiger partial charge is 0.491 e. The molecule has 0 aliphatic rings. The van der Waals surface area contributed by atoms with Crippen molar-refractivity contribution in [2.24, 2.45) is 0 Å². The average molecular weight is 407 g/mol. The number of amides is 1. The molecule has 0 radical (unpaired) electrons. The van der Waals surface area contributed by atoms with Crippen LogP contribution in [-0.2, 0) is 11.3 Å². The molecule has 2 rings (SSSR count). The third-order valence-electron chi connectivity index (χ3n) is 2.94. The monoisotopic (exact) mass is 405 g/mol. The molecule has 0 bridgehead atoms. The van der Waals surface area contributed by atoms with Gasteiger partial charge in [0.05, 0.1) is 24.6 Å². The lowest BCUT2D eigenvalue weighted by molar-refractivity contribution is -0.131. The maximum Gasteiger partial charge on any atom is 0.226 e. The summed E-state index contributed by atoms with van der Waals surface area (Å²) < 4.78 is 11.5. The summed E-state index contributed by atoms with van der Waals surface area (Å²) in [7, 11) is 1.71. The van der Waals surface area contributed by atoms with Crippen molar-refractivity contribution >= 4 is 45.0 Å². The minimum atomic E-state index is -0.0503. The van der Waals surface area contributed by atoms with Gasteiger partial charge in [-0.05, 0) is 40.2 Å². The van der Waals surface area contributed by atoms with Crippen molar-refractivity contribution in [2.75, 3.05) is 13.7 Å². The van der Waals surface area contributed by atoms with Crippen molar-refractivity contribution in [3.05, 3.63) is 50.8 Å². The van der Waals surface area contributed by atoms with Gasteiger partial charge in [-0.1, -0.05) is 29.3 Å². The Bertz CT molecular complexity index is 660. The fraction of sp³-hybridized carbons (Fsp3) is 0.267. The summed E-state index contributed by atoms with van der Waals surface area (Å²) >= 11 is 15.1. The third kappa shape index (κ3) is 4.66. The standard InChI is InChI=1S/C15H14BrCl2NO3/c1-19(9-10-5-6-13(16)22-10)14(20)7-8-21-12-4-2-3-11(17)15(12)18/h2-6H,7-9H2,1H3. The van der Waals surface area contributed by atoms with Crippen LogP contribution in [0.3, 0.4) is 0 Å². The maximum atomic E-state index is 12.0. The number of halogens is 3. The third-order valence-corrected chi connectivity index (χ3v) is 4.17. The quantitative estimate of drug-likeness (QED) is 0.693. The number of hydrogen-bond donors (Lipinski definition) is 0. The van der Waals surface area contributed by atoms with Gasteiger partial charge in [0.1, 0.15) is 16.5 Å². The highest BCUT2D eigenvalue weighted by molar-refractivity contribution is 9.10. The summed E-state index contributed by atoms with van der Waals surface area (Å²) in [6.45, 7) is 0.632. The van der Waals surface area contributed by atoms with E-state index < -0.39 is 0 Å². The number of hydrogen-bond acceptors (Lipinski definition) is 3. The summed E-state index contributed by atoms with van der Waals surface area (Å²) in [6, 6.07) is 8.74. The molecule has 1 heterocycles. The van der Waals surface area contributed by atoms with E-state index in [1.807, 2.05) is 6.07 Å². The van der Waals surface area contributed by atoms with Crippen LogP contribution < -0.4 is 4.74 Å². The van der Waals surface area contributed by atoms with Crippen molar-refractivity contribution in [3.63, 3.8) is 0 Å². The predicted molar refractivity (Wildman–Crippen MR) is 89.5 cm³/mol. The molecule has 0 N–H and O–H groups in total. The zero-order valence-electron chi connectivity index (χ0n) is 11.8. The Balaban J connectivity index is 1.81. The Morgan fingerprint density at radius 3 is 2.77 bits per heavy atom. The molecule has 1 amide bonds. The molecule has 0 fully saturated rings. The molecule has 2 aromatic rings. The van der Waals surface area contributed by atoms with Gasteiger partial charge in [-0.15, -0.1) is 0 Å². The summed E-state index contributed by atoms with van der Waals surface area (Å²) in [6.07, 6.45) is 0.237. The van der Waals surface area contributed by atoms with Crippen LogP contribution in [0.5, 0.6) is 5.75 Å². The lowest BCUT2D eigenvalue weighted by atomic mass is 10.3. The van der Waals surface area contributed by atoms with Gasteiger partial charge in [0.15, 0.2) is 4.67 Å². The fourth-order valence-electron chi connectivity index (χ4n) is 1.79. The van der Waals surface area contributed by atoms with Crippen LogP contribution in [0.2, 0.25) is 10.0 Å². The molecular formula is C15H14BrCl2NO3. The lowest BCUT2D eigenvalue weighted by Gasteiger charge is -2.16. The summed E-state index contributed by atoms with van der Waals surface area (Å²) in [5.41, 5.74) is 0. The van der Waals surface area contributed by atoms with E-state index in [0.717, 1.165) is 0 Å². The van der Waals surface area contributed by atoms with E-state index in [0.29, 0.717) is 32.8 Å². The molecule has 0 unspecified atom stereocenters. The number of rotatable bonds is 6. The SMILES string of the molecule is CN(Cc1ccc(Br)o1)C(=O)CCOc1cccc(Cl)c1Cl. The van der Waals surface area contributed by atoms with Crippen molar-refractivity contribution in [1.82, 2.24) is 4.90 Å². The van der Waals surface area contributed by atoms with Gasteiger partial charge < -0.3 is 14.1 Å². The van der Waals surface area contributed by atoms with Crippen LogP contribution in [0.4, 0.5) is 0 Å². The molecule has 7 heteroatoms. The first kappa shape index (κ1) is 17.2. The van der Waals surface area contributed by atoms with E-state index in [9.17, 15) is 4.79 Å². The fourth-order valence-corrected chi connectivity index (χ4v) is 2.48. The molecule has 0 aliphatic heterocycles. The van der Waals surface area contributed by atoms with Gasteiger partial charge in [-0.3, -0.25) is 4.79 Å². The Kier molecular flexibility index (Phi) is 6.17. The highest BCUT2D eigenvalue weighted by Gasteiger charge is 2.12. The first-order valence-electron chi connectivity index (χ1n) is 6.52. The van der Waals surface area contributed by atoms with Gasteiger partial charge in [0.25, 0.3) is 0 Å². The Morgan fingerprint density at radius 1 is 1.32 bits per heavy atom. The minimum absolute atomic E-state index is 0.0503. The molecule has 1 aromatic carbocycles. The van der Waals surface area contributed by atoms with Crippen LogP contribution in [0, 0.1) is 0 Å². The van der Waals surface area contributed by atoms with E-state index in [1.54, 1.807) is 36.2 Å². The summed E-state index contributed by atoms with van der Waals surface area (Å²) in [5.74, 6) is 1.13. The lowest BCUT2D eigenvalue weighted by Crippen LogP contribution is -2.27. The van der Waals surface area contributed by atoms with E-state index in [2.05, 4.69) is 15.9 Å². The maximum absolute atomic E-state index is 12.0. The van der Waals surface area contributed by atoms with E-state index in [1.165, 1.54) is 0 Å². The highest BCUT2D eigenvalue weighted by atomic mass is 79.9. The van der Waals surface area contributed by atoms with E-state index >= 15 is 0 Å². The molecule has 0 aliphatic carbocycles. The number of ether oxygens (including phenoxy) is 1. The van der Waals surface area contributed by atoms with Crippen molar-refractivity contribution in [1.29, 1.82) is 0 Å². The predicted octanol–water partition coefficient (Wildman–Crippen LogP) is 4.78. The van der Waals surface area contributed by atoms with Crippen LogP contribution in [0.25, 0.3) is 0 Å². The minimum Gasteiger partial charge on any atom is -0.491 e. The van der Waals surface area contributed by atoms with Gasteiger partial charge >= 0.3 is 0 Å². The molecule has 22 heavy (non-hydrogen) atoms. The Hall–Kier alpha value is -1.17. The highest BCUT2D eigenvalue weighted by Crippen LogP contribution is 2.31. The smallest absolute Gasteiger partial charge is 0.226 e. The molecule has 0 saturated carbocycles. The number of nitrogens with zero attached hydrogens (tertiary/aromatic N) is 1. The normalized spacial score (nSPS) is 10.5. The van der Waals surface area contributed by atoms with E-state index in [4.69, 9.17) is 32.4 Å². The molecule has 0 atom stereocenters. The van der Waals surface area contributed by atoms with Crippen LogP contribution in [0.15, 0.2) is 39.4 Å². The Morgan fingerprint density at radius 2 is 2.09 bits per heavy atom. The molecule has 0 spiro atoms. The van der Waals surface area contributed by atoms with Gasteiger partial charge in [0.2, 0.25) is 5.91 Å². The zero-order valence-corrected chi connectivity index (χ0v) is 14.9. The van der Waals surface area contributed by atoms with Gasteiger partial charge in [0, 0.05) is 7.05 Å². The van der Waals surface area contributed by atoms with Crippen molar-refractivity contribution < 1.29 is 13.9 Å². The van der Waals surface area contributed by atoms with Crippen molar-refractivity contribution in [3.8, 4) is 5.75 Å². The Labute approximate surface area is 147 Å². The number of furan rings is 1. The second-order valence-corrected chi connectivity index (χ2v) is 6.17. The van der Waals surface area contributed by atoms with Gasteiger partial charge in [-0.2, -0.15) is 0 Å². The first-order valence-corrected chi connectivity index (χ1v) is 8.07. The summed E-state index contributed by atoms with van der Waals surface area (Å²) in [4.78, 5) is 13.6. The van der Waals surface area contributed by atoms with Crippen molar-refractivity contribution in [2.45, 2.75) is 13.0 Å². The molecule has 118 valence electrons. The topological polar surface area (TPSA) is 42.7 Å². The molecular weight excluding hydrogens is 393 g/mol. The second-order valence-electron chi connectivity index (χ2n) is 4.61. The average Bonchev–Trinajstić information content (AvgIpc) is 2.88. The van der Waals surface area contributed by atoms with Crippen LogP contribution in [0.1, 0.15) is 12.2 Å². The summed E-state index contributed by atoms with van der Waals surface area (Å²) in [5, 5.41) is 0.774. The molecule has 1 aromatic heterocycles. The van der Waals surface area contributed by atoms with E-state index in [-0.39, 0.29) is 18.9 Å². The zero-order chi connectivity index (χ0) is 16.1. The van der Waals surface area contributed by atoms with Crippen LogP contribution in [-0.4, -0.2) is 24.5 Å². The number of benzene rings is 1.